The third-order valence-corrected chi connectivity index (χ3v) is 3.09. The van der Waals surface area contributed by atoms with E-state index in [1.807, 2.05) is 25.4 Å². The zero-order valence-corrected chi connectivity index (χ0v) is 13.3. The Bertz CT molecular complexity index is 526. The van der Waals surface area contributed by atoms with Gasteiger partial charge in [-0.25, -0.2) is 0 Å². The van der Waals surface area contributed by atoms with E-state index in [1.54, 1.807) is 0 Å². The Kier molecular flexibility index (Phi) is 5.72. The van der Waals surface area contributed by atoms with E-state index in [0.717, 1.165) is 18.8 Å². The number of aryl methyl sites for hydroxylation is 1. The van der Waals surface area contributed by atoms with Gasteiger partial charge in [0.15, 0.2) is 0 Å². The van der Waals surface area contributed by atoms with Crippen LogP contribution in [0.4, 0.5) is 0 Å². The Labute approximate surface area is 126 Å². The van der Waals surface area contributed by atoms with Crippen LogP contribution in [0.5, 0.6) is 0 Å². The minimum atomic E-state index is 0. The average Bonchev–Trinajstić information content (AvgIpc) is 2.80. The Morgan fingerprint density at radius 3 is 2.50 bits per heavy atom. The lowest BCUT2D eigenvalue weighted by Crippen LogP contribution is -2.19. The van der Waals surface area contributed by atoms with Crippen LogP contribution in [-0.4, -0.2) is 15.2 Å². The molecule has 4 nitrogen and oxygen atoms in total. The number of nitrogens with zero attached hydrogens (tertiary/aromatic N) is 2. The molecular weight excluding hydrogens is 272 g/mol. The van der Waals surface area contributed by atoms with Crippen LogP contribution in [0, 0.1) is 6.92 Å². The van der Waals surface area contributed by atoms with Crippen molar-refractivity contribution < 1.29 is 0 Å². The van der Waals surface area contributed by atoms with Gasteiger partial charge in [0.25, 0.3) is 0 Å². The lowest BCUT2D eigenvalue weighted by Gasteiger charge is -2.18. The second-order valence-corrected chi connectivity index (χ2v) is 5.93. The van der Waals surface area contributed by atoms with Gasteiger partial charge in [-0.3, -0.25) is 10.1 Å². The molecule has 2 aromatic heterocycles. The molecular formula is C15H23ClN4. The number of hydrogen-bond acceptors (Lipinski definition) is 3. The predicted molar refractivity (Wildman–Crippen MR) is 84.1 cm³/mol. The molecule has 2 N–H and O–H groups in total. The third kappa shape index (κ3) is 4.32. The molecule has 0 unspecified atom stereocenters. The maximum atomic E-state index is 4.29. The largest absolute Gasteiger partial charge is 0.308 e. The number of pyridine rings is 1. The Balaban J connectivity index is 0.00000200. The summed E-state index contributed by atoms with van der Waals surface area (Å²) >= 11 is 0. The minimum absolute atomic E-state index is 0. The highest BCUT2D eigenvalue weighted by Crippen LogP contribution is 2.23. The van der Waals surface area contributed by atoms with Crippen molar-refractivity contribution in [2.24, 2.45) is 0 Å². The molecule has 0 bridgehead atoms. The lowest BCUT2D eigenvalue weighted by atomic mass is 9.89. The summed E-state index contributed by atoms with van der Waals surface area (Å²) < 4.78 is 0. The van der Waals surface area contributed by atoms with E-state index in [9.17, 15) is 0 Å². The maximum Gasteiger partial charge on any atom is 0.0535 e. The quantitative estimate of drug-likeness (QED) is 0.911. The molecule has 0 amide bonds. The fraction of sp³-hybridized carbons (Fsp3) is 0.467. The minimum Gasteiger partial charge on any atom is -0.308 e. The third-order valence-electron chi connectivity index (χ3n) is 3.09. The molecule has 20 heavy (non-hydrogen) atoms. The Hall–Kier alpha value is -1.39. The van der Waals surface area contributed by atoms with Crippen LogP contribution in [0.1, 0.15) is 43.3 Å². The first-order valence-corrected chi connectivity index (χ1v) is 6.62. The van der Waals surface area contributed by atoms with Gasteiger partial charge in [-0.15, -0.1) is 12.4 Å². The predicted octanol–water partition coefficient (Wildman–Crippen LogP) is 3.12. The fourth-order valence-corrected chi connectivity index (χ4v) is 2.04. The van der Waals surface area contributed by atoms with Crippen molar-refractivity contribution >= 4 is 12.4 Å². The molecule has 5 heteroatoms. The topological polar surface area (TPSA) is 53.6 Å². The smallest absolute Gasteiger partial charge is 0.0535 e. The van der Waals surface area contributed by atoms with Gasteiger partial charge in [0.2, 0.25) is 0 Å². The molecule has 2 aromatic rings. The van der Waals surface area contributed by atoms with Crippen molar-refractivity contribution in [2.45, 2.75) is 46.2 Å². The monoisotopic (exact) mass is 294 g/mol. The van der Waals surface area contributed by atoms with Gasteiger partial charge in [0, 0.05) is 41.7 Å². The maximum absolute atomic E-state index is 4.29. The standard InChI is InChI=1S/C15H22N4.ClH/c1-11-5-6-12(8-17-11)7-16-9-13-10-18-19-14(13)15(2,3)4;/h5-6,8,10,16H,7,9H2,1-4H3,(H,18,19);1H. The summed E-state index contributed by atoms with van der Waals surface area (Å²) in [6, 6.07) is 4.14. The molecule has 0 atom stereocenters. The average molecular weight is 295 g/mol. The van der Waals surface area contributed by atoms with E-state index in [2.05, 4.69) is 47.3 Å². The highest BCUT2D eigenvalue weighted by Gasteiger charge is 2.19. The Morgan fingerprint density at radius 1 is 1.15 bits per heavy atom. The molecule has 0 aliphatic heterocycles. The molecule has 110 valence electrons. The molecule has 2 heterocycles. The number of nitrogens with one attached hydrogen (secondary N) is 2. The van der Waals surface area contributed by atoms with E-state index in [1.165, 1.54) is 16.8 Å². The van der Waals surface area contributed by atoms with Gasteiger partial charge in [0.05, 0.1) is 6.20 Å². The van der Waals surface area contributed by atoms with Crippen molar-refractivity contribution in [1.29, 1.82) is 0 Å². The zero-order chi connectivity index (χ0) is 13.9. The normalized spacial score (nSPS) is 11.2. The van der Waals surface area contributed by atoms with Crippen LogP contribution in [0.25, 0.3) is 0 Å². The van der Waals surface area contributed by atoms with Crippen LogP contribution in [0.2, 0.25) is 0 Å². The number of H-pyrrole nitrogens is 1. The van der Waals surface area contributed by atoms with E-state index >= 15 is 0 Å². The summed E-state index contributed by atoms with van der Waals surface area (Å²) in [7, 11) is 0. The van der Waals surface area contributed by atoms with Gasteiger partial charge < -0.3 is 5.32 Å². The number of hydrogen-bond donors (Lipinski definition) is 2. The molecule has 0 aliphatic rings. The van der Waals surface area contributed by atoms with E-state index < -0.39 is 0 Å². The van der Waals surface area contributed by atoms with Crippen LogP contribution in [0.3, 0.4) is 0 Å². The van der Waals surface area contributed by atoms with Gasteiger partial charge in [-0.05, 0) is 18.6 Å². The molecule has 0 saturated carbocycles. The number of halogens is 1. The molecule has 0 fully saturated rings. The van der Waals surface area contributed by atoms with Crippen molar-refractivity contribution in [1.82, 2.24) is 20.5 Å². The number of aromatic amines is 1. The van der Waals surface area contributed by atoms with Gasteiger partial charge >= 0.3 is 0 Å². The fourth-order valence-electron chi connectivity index (χ4n) is 2.04. The summed E-state index contributed by atoms with van der Waals surface area (Å²) in [5.74, 6) is 0. The summed E-state index contributed by atoms with van der Waals surface area (Å²) in [5, 5.41) is 10.7. The highest BCUT2D eigenvalue weighted by atomic mass is 35.5. The SMILES string of the molecule is Cc1ccc(CNCc2cn[nH]c2C(C)(C)C)cn1.Cl. The Morgan fingerprint density at radius 2 is 1.90 bits per heavy atom. The number of aromatic nitrogens is 3. The molecule has 0 saturated heterocycles. The van der Waals surface area contributed by atoms with Gasteiger partial charge in [-0.2, -0.15) is 5.10 Å². The van der Waals surface area contributed by atoms with Gasteiger partial charge in [0.1, 0.15) is 0 Å². The van der Waals surface area contributed by atoms with Crippen molar-refractivity contribution in [3.8, 4) is 0 Å². The molecule has 0 aromatic carbocycles. The molecule has 0 aliphatic carbocycles. The first kappa shape index (κ1) is 16.7. The summed E-state index contributed by atoms with van der Waals surface area (Å²) in [6.45, 7) is 10.2. The summed E-state index contributed by atoms with van der Waals surface area (Å²) in [5.41, 5.74) is 4.77. The van der Waals surface area contributed by atoms with Crippen LogP contribution in [0.15, 0.2) is 24.5 Å². The molecule has 0 radical (unpaired) electrons. The summed E-state index contributed by atoms with van der Waals surface area (Å²) in [4.78, 5) is 4.29. The van der Waals surface area contributed by atoms with E-state index in [4.69, 9.17) is 0 Å². The van der Waals surface area contributed by atoms with E-state index in [0.29, 0.717) is 0 Å². The van der Waals surface area contributed by atoms with Crippen molar-refractivity contribution in [3.05, 3.63) is 47.0 Å². The zero-order valence-electron chi connectivity index (χ0n) is 12.5. The summed E-state index contributed by atoms with van der Waals surface area (Å²) in [6.07, 6.45) is 3.82. The van der Waals surface area contributed by atoms with Crippen molar-refractivity contribution in [3.63, 3.8) is 0 Å². The van der Waals surface area contributed by atoms with Crippen LogP contribution < -0.4 is 5.32 Å². The lowest BCUT2D eigenvalue weighted by molar-refractivity contribution is 0.553. The molecule has 2 rings (SSSR count). The second-order valence-electron chi connectivity index (χ2n) is 5.93. The van der Waals surface area contributed by atoms with Crippen LogP contribution in [-0.2, 0) is 18.5 Å². The van der Waals surface area contributed by atoms with Gasteiger partial charge in [-0.1, -0.05) is 26.8 Å². The molecule has 0 spiro atoms. The first-order chi connectivity index (χ1) is 8.97. The number of rotatable bonds is 4. The second kappa shape index (κ2) is 6.86. The van der Waals surface area contributed by atoms with Crippen LogP contribution >= 0.6 is 12.4 Å². The van der Waals surface area contributed by atoms with Crippen molar-refractivity contribution in [2.75, 3.05) is 0 Å². The first-order valence-electron chi connectivity index (χ1n) is 6.62. The van der Waals surface area contributed by atoms with E-state index in [-0.39, 0.29) is 17.8 Å². The highest BCUT2D eigenvalue weighted by molar-refractivity contribution is 5.85.